The predicted octanol–water partition coefficient (Wildman–Crippen LogP) is 2.67. The fourth-order valence-electron chi connectivity index (χ4n) is 1.53. The summed E-state index contributed by atoms with van der Waals surface area (Å²) in [6.45, 7) is 1.80. The number of aryl methyl sites for hydroxylation is 1. The van der Waals surface area contributed by atoms with Crippen LogP contribution in [0.25, 0.3) is 0 Å². The van der Waals surface area contributed by atoms with Crippen LogP contribution in [0.15, 0.2) is 39.8 Å². The highest BCUT2D eigenvalue weighted by molar-refractivity contribution is 9.10. The Morgan fingerprint density at radius 3 is 2.60 bits per heavy atom. The molecule has 0 radical (unpaired) electrons. The van der Waals surface area contributed by atoms with Crippen molar-refractivity contribution < 1.29 is 12.8 Å². The summed E-state index contributed by atoms with van der Waals surface area (Å²) >= 11 is 3.27. The third-order valence-electron chi connectivity index (χ3n) is 2.49. The van der Waals surface area contributed by atoms with Crippen LogP contribution in [-0.2, 0) is 10.0 Å². The quantitative estimate of drug-likeness (QED) is 0.825. The van der Waals surface area contributed by atoms with E-state index in [1.165, 1.54) is 12.3 Å². The van der Waals surface area contributed by atoms with E-state index >= 15 is 0 Å². The fraction of sp³-hybridized carbons (Fsp3) is 0.0833. The molecule has 0 aliphatic heterocycles. The number of nitrogens with one attached hydrogen (secondary N) is 1. The molecule has 5 nitrogen and oxygen atoms in total. The van der Waals surface area contributed by atoms with Crippen molar-refractivity contribution in [2.45, 2.75) is 11.8 Å². The Morgan fingerprint density at radius 2 is 2.00 bits per heavy atom. The van der Waals surface area contributed by atoms with Crippen LogP contribution < -0.4 is 10.5 Å². The van der Waals surface area contributed by atoms with E-state index in [0.29, 0.717) is 0 Å². The smallest absolute Gasteiger partial charge is 0.263 e. The largest absolute Gasteiger partial charge is 0.399 e. The lowest BCUT2D eigenvalue weighted by molar-refractivity contribution is 0.595. The zero-order valence-corrected chi connectivity index (χ0v) is 12.8. The molecule has 0 aliphatic carbocycles. The molecule has 0 unspecified atom stereocenters. The fourth-order valence-corrected chi connectivity index (χ4v) is 2.81. The van der Waals surface area contributed by atoms with Crippen LogP contribution in [-0.4, -0.2) is 13.4 Å². The molecule has 20 heavy (non-hydrogen) atoms. The third-order valence-corrected chi connectivity index (χ3v) is 4.65. The summed E-state index contributed by atoms with van der Waals surface area (Å²) in [5.74, 6) is -0.571. The Balaban J connectivity index is 2.37. The van der Waals surface area contributed by atoms with E-state index in [9.17, 15) is 12.8 Å². The highest BCUT2D eigenvalue weighted by Gasteiger charge is 2.17. The summed E-state index contributed by atoms with van der Waals surface area (Å²) in [4.78, 5) is 3.68. The van der Waals surface area contributed by atoms with Crippen LogP contribution >= 0.6 is 15.9 Å². The summed E-state index contributed by atoms with van der Waals surface area (Å²) in [5.41, 5.74) is 6.29. The molecule has 8 heteroatoms. The van der Waals surface area contributed by atoms with E-state index in [1.54, 1.807) is 13.0 Å². The first-order chi connectivity index (χ1) is 9.28. The van der Waals surface area contributed by atoms with Crippen molar-refractivity contribution in [3.63, 3.8) is 0 Å². The van der Waals surface area contributed by atoms with Crippen molar-refractivity contribution in [2.24, 2.45) is 0 Å². The number of nitrogen functional groups attached to an aromatic ring is 1. The van der Waals surface area contributed by atoms with Gasteiger partial charge in [0.15, 0.2) is 0 Å². The molecule has 1 aromatic carbocycles. The minimum atomic E-state index is -3.94. The third kappa shape index (κ3) is 3.26. The Morgan fingerprint density at radius 1 is 1.30 bits per heavy atom. The molecule has 2 rings (SSSR count). The Kier molecular flexibility index (Phi) is 3.96. The maximum atomic E-state index is 13.2. The molecule has 3 N–H and O–H groups in total. The van der Waals surface area contributed by atoms with Gasteiger partial charge < -0.3 is 5.73 Å². The number of nitrogens with zero attached hydrogens (tertiary/aromatic N) is 1. The zero-order valence-electron chi connectivity index (χ0n) is 10.4. The van der Waals surface area contributed by atoms with Crippen molar-refractivity contribution in [1.29, 1.82) is 0 Å². The van der Waals surface area contributed by atoms with Crippen LogP contribution in [0.2, 0.25) is 0 Å². The number of sulfonamides is 1. The highest BCUT2D eigenvalue weighted by atomic mass is 79.9. The number of halogens is 2. The van der Waals surface area contributed by atoms with Crippen molar-refractivity contribution >= 4 is 37.5 Å². The van der Waals surface area contributed by atoms with Gasteiger partial charge in [0.25, 0.3) is 10.0 Å². The molecular formula is C12H11BrFN3O2S. The van der Waals surface area contributed by atoms with Gasteiger partial charge in [-0.25, -0.2) is 17.8 Å². The molecule has 0 amide bonds. The van der Waals surface area contributed by atoms with Crippen LogP contribution in [0.4, 0.5) is 15.9 Å². The number of pyridine rings is 1. The zero-order chi connectivity index (χ0) is 14.9. The van der Waals surface area contributed by atoms with Gasteiger partial charge in [-0.3, -0.25) is 4.72 Å². The molecule has 0 bridgehead atoms. The lowest BCUT2D eigenvalue weighted by Gasteiger charge is -2.09. The van der Waals surface area contributed by atoms with Crippen molar-refractivity contribution in [1.82, 2.24) is 4.98 Å². The van der Waals surface area contributed by atoms with Crippen LogP contribution in [0.5, 0.6) is 0 Å². The first-order valence-corrected chi connectivity index (χ1v) is 7.76. The molecule has 0 spiro atoms. The van der Waals surface area contributed by atoms with Crippen LogP contribution in [0.3, 0.4) is 0 Å². The second-order valence-electron chi connectivity index (χ2n) is 4.14. The molecule has 0 atom stereocenters. The topological polar surface area (TPSA) is 85.1 Å². The summed E-state index contributed by atoms with van der Waals surface area (Å²) in [5, 5.41) is 0. The van der Waals surface area contributed by atoms with E-state index in [-0.39, 0.29) is 16.4 Å². The van der Waals surface area contributed by atoms with Gasteiger partial charge >= 0.3 is 0 Å². The van der Waals surface area contributed by atoms with E-state index in [0.717, 1.165) is 22.2 Å². The second-order valence-corrected chi connectivity index (χ2v) is 6.68. The molecular weight excluding hydrogens is 349 g/mol. The predicted molar refractivity (Wildman–Crippen MR) is 78.3 cm³/mol. The number of aromatic nitrogens is 1. The van der Waals surface area contributed by atoms with Crippen molar-refractivity contribution in [3.05, 3.63) is 46.3 Å². The number of anilines is 2. The van der Waals surface area contributed by atoms with E-state index in [2.05, 4.69) is 25.6 Å². The van der Waals surface area contributed by atoms with Crippen molar-refractivity contribution in [3.8, 4) is 0 Å². The molecule has 0 saturated heterocycles. The van der Waals surface area contributed by atoms with Gasteiger partial charge in [0.2, 0.25) is 0 Å². The number of benzene rings is 1. The minimum Gasteiger partial charge on any atom is -0.399 e. The van der Waals surface area contributed by atoms with E-state index in [1.807, 2.05) is 0 Å². The second kappa shape index (κ2) is 5.37. The molecule has 0 saturated carbocycles. The van der Waals surface area contributed by atoms with Gasteiger partial charge in [-0.15, -0.1) is 0 Å². The Labute approximate surface area is 124 Å². The van der Waals surface area contributed by atoms with Crippen LogP contribution in [0, 0.1) is 12.7 Å². The maximum absolute atomic E-state index is 13.2. The lowest BCUT2D eigenvalue weighted by atomic mass is 10.3. The van der Waals surface area contributed by atoms with Crippen LogP contribution in [0.1, 0.15) is 5.56 Å². The summed E-state index contributed by atoms with van der Waals surface area (Å²) in [6.07, 6.45) is 1.48. The molecule has 2 aromatic rings. The number of rotatable bonds is 3. The first kappa shape index (κ1) is 14.7. The molecule has 1 heterocycles. The summed E-state index contributed by atoms with van der Waals surface area (Å²) in [7, 11) is -3.94. The molecule has 1 aromatic heterocycles. The van der Waals surface area contributed by atoms with Gasteiger partial charge in [0, 0.05) is 16.4 Å². The number of nitrogens with two attached hydrogens (primary N) is 1. The summed E-state index contributed by atoms with van der Waals surface area (Å²) < 4.78 is 40.5. The van der Waals surface area contributed by atoms with Gasteiger partial charge in [-0.2, -0.15) is 0 Å². The molecule has 0 aliphatic rings. The molecule has 0 fully saturated rings. The van der Waals surface area contributed by atoms with E-state index in [4.69, 9.17) is 5.73 Å². The van der Waals surface area contributed by atoms with Crippen molar-refractivity contribution in [2.75, 3.05) is 10.5 Å². The first-order valence-electron chi connectivity index (χ1n) is 5.49. The monoisotopic (exact) mass is 359 g/mol. The Bertz CT molecular complexity index is 745. The van der Waals surface area contributed by atoms with Gasteiger partial charge in [0.1, 0.15) is 11.6 Å². The minimum absolute atomic E-state index is 0.0327. The average Bonchev–Trinajstić information content (AvgIpc) is 2.32. The van der Waals surface area contributed by atoms with Gasteiger partial charge in [0.05, 0.1) is 4.90 Å². The SMILES string of the molecule is Cc1cc(NS(=O)(=O)c2cc(N)cc(F)c2)ncc1Br. The van der Waals surface area contributed by atoms with Gasteiger partial charge in [-0.05, 0) is 52.7 Å². The average molecular weight is 360 g/mol. The molecule has 106 valence electrons. The standard InChI is InChI=1S/C12H11BrFN3O2S/c1-7-2-12(16-6-11(7)13)17-20(18,19)10-4-8(14)3-9(15)5-10/h2-6H,15H2,1H3,(H,16,17). The number of hydrogen-bond acceptors (Lipinski definition) is 4. The Hall–Kier alpha value is -1.67. The maximum Gasteiger partial charge on any atom is 0.263 e. The lowest BCUT2D eigenvalue weighted by Crippen LogP contribution is -2.14. The highest BCUT2D eigenvalue weighted by Crippen LogP contribution is 2.21. The summed E-state index contributed by atoms with van der Waals surface area (Å²) in [6, 6.07) is 4.67. The number of hydrogen-bond donors (Lipinski definition) is 2. The van der Waals surface area contributed by atoms with Gasteiger partial charge in [-0.1, -0.05) is 0 Å². The van der Waals surface area contributed by atoms with E-state index < -0.39 is 15.8 Å². The normalized spacial score (nSPS) is 11.3.